The van der Waals surface area contributed by atoms with E-state index in [2.05, 4.69) is 10.6 Å². The highest BCUT2D eigenvalue weighted by atomic mass is 35.5. The molecule has 1 unspecified atom stereocenters. The maximum atomic E-state index is 11.6. The number of carbonyl (C=O) groups is 2. The highest BCUT2D eigenvalue weighted by molar-refractivity contribution is 6.30. The van der Waals surface area contributed by atoms with Crippen LogP contribution in [0.4, 0.5) is 4.79 Å². The number of urea groups is 1. The minimum absolute atomic E-state index is 0.175. The Labute approximate surface area is 123 Å². The lowest BCUT2D eigenvalue weighted by Crippen LogP contribution is -2.48. The second-order valence-electron chi connectivity index (χ2n) is 4.84. The average Bonchev–Trinajstić information content (AvgIpc) is 2.35. The predicted octanol–water partition coefficient (Wildman–Crippen LogP) is 2.29. The van der Waals surface area contributed by atoms with Crippen molar-refractivity contribution in [2.24, 2.45) is 5.92 Å². The molecule has 6 heteroatoms. The van der Waals surface area contributed by atoms with Crippen LogP contribution in [-0.4, -0.2) is 29.7 Å². The number of hydrogen-bond donors (Lipinski definition) is 3. The first-order valence-corrected chi connectivity index (χ1v) is 6.79. The van der Waals surface area contributed by atoms with E-state index in [1.807, 2.05) is 18.2 Å². The van der Waals surface area contributed by atoms with Gasteiger partial charge in [0.15, 0.2) is 0 Å². The number of hydrogen-bond acceptors (Lipinski definition) is 2. The Balaban J connectivity index is 2.38. The SMILES string of the molecule is CC(C)C(NC(=O)NCCc1cccc(Cl)c1)C(=O)O. The standard InChI is InChI=1S/C14H19ClN2O3/c1-9(2)12(13(18)19)17-14(20)16-7-6-10-4-3-5-11(15)8-10/h3-5,8-9,12H,6-7H2,1-2H3,(H,18,19)(H2,16,17,20). The summed E-state index contributed by atoms with van der Waals surface area (Å²) in [4.78, 5) is 22.6. The zero-order valence-electron chi connectivity index (χ0n) is 11.5. The van der Waals surface area contributed by atoms with Gasteiger partial charge < -0.3 is 15.7 Å². The Bertz CT molecular complexity index is 477. The fourth-order valence-corrected chi connectivity index (χ4v) is 1.93. The minimum atomic E-state index is -1.04. The van der Waals surface area contributed by atoms with Crippen molar-refractivity contribution in [3.05, 3.63) is 34.9 Å². The average molecular weight is 299 g/mol. The van der Waals surface area contributed by atoms with Crippen LogP contribution in [0.3, 0.4) is 0 Å². The fraction of sp³-hybridized carbons (Fsp3) is 0.429. The van der Waals surface area contributed by atoms with Crippen LogP contribution in [0.2, 0.25) is 5.02 Å². The Morgan fingerprint density at radius 2 is 2.05 bits per heavy atom. The molecule has 0 radical (unpaired) electrons. The van der Waals surface area contributed by atoms with E-state index in [-0.39, 0.29) is 5.92 Å². The van der Waals surface area contributed by atoms with Gasteiger partial charge in [-0.15, -0.1) is 0 Å². The molecule has 0 bridgehead atoms. The second-order valence-corrected chi connectivity index (χ2v) is 5.28. The molecular weight excluding hydrogens is 280 g/mol. The van der Waals surface area contributed by atoms with Crippen LogP contribution < -0.4 is 10.6 Å². The molecule has 0 spiro atoms. The van der Waals surface area contributed by atoms with Crippen LogP contribution in [0.5, 0.6) is 0 Å². The molecule has 5 nitrogen and oxygen atoms in total. The minimum Gasteiger partial charge on any atom is -0.480 e. The molecule has 0 saturated heterocycles. The molecule has 2 amide bonds. The van der Waals surface area contributed by atoms with Gasteiger partial charge in [-0.25, -0.2) is 9.59 Å². The van der Waals surface area contributed by atoms with Gasteiger partial charge in [0.1, 0.15) is 6.04 Å². The topological polar surface area (TPSA) is 78.4 Å². The largest absolute Gasteiger partial charge is 0.480 e. The van der Waals surface area contributed by atoms with Gasteiger partial charge in [-0.05, 0) is 30.0 Å². The van der Waals surface area contributed by atoms with E-state index in [4.69, 9.17) is 16.7 Å². The Kier molecular flexibility index (Phi) is 6.31. The molecule has 1 aromatic carbocycles. The second kappa shape index (κ2) is 7.75. The summed E-state index contributed by atoms with van der Waals surface area (Å²) in [5.74, 6) is -1.21. The number of aliphatic carboxylic acids is 1. The summed E-state index contributed by atoms with van der Waals surface area (Å²) in [6, 6.07) is 6.01. The molecule has 1 atom stereocenters. The fourth-order valence-electron chi connectivity index (χ4n) is 1.72. The summed E-state index contributed by atoms with van der Waals surface area (Å²) >= 11 is 5.86. The summed E-state index contributed by atoms with van der Waals surface area (Å²) in [5.41, 5.74) is 1.01. The Hall–Kier alpha value is -1.75. The first-order chi connectivity index (χ1) is 9.40. The third-order valence-electron chi connectivity index (χ3n) is 2.81. The van der Waals surface area contributed by atoms with E-state index in [0.29, 0.717) is 18.0 Å². The summed E-state index contributed by atoms with van der Waals surface area (Å²) in [6.07, 6.45) is 0.632. The maximum Gasteiger partial charge on any atom is 0.326 e. The lowest BCUT2D eigenvalue weighted by molar-refractivity contribution is -0.140. The molecule has 1 rings (SSSR count). The van der Waals surface area contributed by atoms with Crippen molar-refractivity contribution in [1.82, 2.24) is 10.6 Å². The van der Waals surface area contributed by atoms with Crippen molar-refractivity contribution in [3.63, 3.8) is 0 Å². The van der Waals surface area contributed by atoms with Gasteiger partial charge >= 0.3 is 12.0 Å². The highest BCUT2D eigenvalue weighted by Gasteiger charge is 2.22. The normalized spacial score (nSPS) is 12.0. The van der Waals surface area contributed by atoms with E-state index < -0.39 is 18.0 Å². The first kappa shape index (κ1) is 16.3. The number of carboxylic acid groups (broad SMARTS) is 1. The maximum absolute atomic E-state index is 11.6. The van der Waals surface area contributed by atoms with Gasteiger partial charge in [0.05, 0.1) is 0 Å². The molecule has 1 aromatic rings. The molecule has 20 heavy (non-hydrogen) atoms. The van der Waals surface area contributed by atoms with Gasteiger partial charge in [-0.2, -0.15) is 0 Å². The van der Waals surface area contributed by atoms with Crippen molar-refractivity contribution < 1.29 is 14.7 Å². The van der Waals surface area contributed by atoms with E-state index >= 15 is 0 Å². The molecule has 3 N–H and O–H groups in total. The van der Waals surface area contributed by atoms with Crippen molar-refractivity contribution >= 4 is 23.6 Å². The molecule has 0 aliphatic heterocycles. The molecule has 0 aliphatic rings. The van der Waals surface area contributed by atoms with Gasteiger partial charge in [-0.1, -0.05) is 37.6 Å². The summed E-state index contributed by atoms with van der Waals surface area (Å²) < 4.78 is 0. The summed E-state index contributed by atoms with van der Waals surface area (Å²) in [6.45, 7) is 3.90. The lowest BCUT2D eigenvalue weighted by Gasteiger charge is -2.18. The van der Waals surface area contributed by atoms with Crippen LogP contribution >= 0.6 is 11.6 Å². The Morgan fingerprint density at radius 1 is 1.35 bits per heavy atom. The number of benzene rings is 1. The number of amides is 2. The molecule has 0 aromatic heterocycles. The lowest BCUT2D eigenvalue weighted by atomic mass is 10.1. The zero-order valence-corrected chi connectivity index (χ0v) is 12.3. The number of carboxylic acids is 1. The molecule has 0 aliphatic carbocycles. The van der Waals surface area contributed by atoms with Crippen LogP contribution in [-0.2, 0) is 11.2 Å². The summed E-state index contributed by atoms with van der Waals surface area (Å²) in [7, 11) is 0. The third kappa shape index (κ3) is 5.48. The van der Waals surface area contributed by atoms with Crippen molar-refractivity contribution in [3.8, 4) is 0 Å². The van der Waals surface area contributed by atoms with E-state index in [1.54, 1.807) is 19.9 Å². The van der Waals surface area contributed by atoms with Crippen LogP contribution in [0.25, 0.3) is 0 Å². The molecule has 0 saturated carbocycles. The Morgan fingerprint density at radius 3 is 2.60 bits per heavy atom. The first-order valence-electron chi connectivity index (χ1n) is 6.41. The van der Waals surface area contributed by atoms with Crippen molar-refractivity contribution in [2.75, 3.05) is 6.54 Å². The summed E-state index contributed by atoms with van der Waals surface area (Å²) in [5, 5.41) is 14.7. The number of halogens is 1. The predicted molar refractivity (Wildman–Crippen MR) is 78.0 cm³/mol. The number of carbonyl (C=O) groups excluding carboxylic acids is 1. The van der Waals surface area contributed by atoms with Gasteiger partial charge in [0.25, 0.3) is 0 Å². The molecule has 0 fully saturated rings. The number of rotatable bonds is 6. The van der Waals surface area contributed by atoms with E-state index in [1.165, 1.54) is 0 Å². The van der Waals surface area contributed by atoms with Crippen molar-refractivity contribution in [2.45, 2.75) is 26.3 Å². The van der Waals surface area contributed by atoms with Crippen LogP contribution in [0, 0.1) is 5.92 Å². The highest BCUT2D eigenvalue weighted by Crippen LogP contribution is 2.10. The van der Waals surface area contributed by atoms with Crippen molar-refractivity contribution in [1.29, 1.82) is 0 Å². The van der Waals surface area contributed by atoms with Crippen LogP contribution in [0.15, 0.2) is 24.3 Å². The monoisotopic (exact) mass is 298 g/mol. The van der Waals surface area contributed by atoms with E-state index in [9.17, 15) is 9.59 Å². The molecule has 0 heterocycles. The van der Waals surface area contributed by atoms with Gasteiger partial charge in [-0.3, -0.25) is 0 Å². The van der Waals surface area contributed by atoms with Gasteiger partial charge in [0, 0.05) is 11.6 Å². The van der Waals surface area contributed by atoms with E-state index in [0.717, 1.165) is 5.56 Å². The zero-order chi connectivity index (χ0) is 15.1. The quantitative estimate of drug-likeness (QED) is 0.754. The smallest absolute Gasteiger partial charge is 0.326 e. The number of nitrogens with one attached hydrogen (secondary N) is 2. The molecule has 110 valence electrons. The third-order valence-corrected chi connectivity index (χ3v) is 3.04. The van der Waals surface area contributed by atoms with Gasteiger partial charge in [0.2, 0.25) is 0 Å². The van der Waals surface area contributed by atoms with Crippen LogP contribution in [0.1, 0.15) is 19.4 Å². The molecular formula is C14H19ClN2O3.